The summed E-state index contributed by atoms with van der Waals surface area (Å²) in [5.41, 5.74) is 14.4. The number of nitrogens with zero attached hydrogens (tertiary/aromatic N) is 4. The van der Waals surface area contributed by atoms with Crippen LogP contribution in [-0.4, -0.2) is 19.1 Å². The highest BCUT2D eigenvalue weighted by molar-refractivity contribution is 6.17. The Morgan fingerprint density at radius 2 is 0.958 bits per heavy atom. The van der Waals surface area contributed by atoms with Gasteiger partial charge in [-0.2, -0.15) is 0 Å². The molecule has 222 valence electrons. The van der Waals surface area contributed by atoms with E-state index in [2.05, 4.69) is 149 Å². The summed E-state index contributed by atoms with van der Waals surface area (Å²) in [6.45, 7) is 0. The molecule has 0 fully saturated rings. The van der Waals surface area contributed by atoms with E-state index < -0.39 is 0 Å². The van der Waals surface area contributed by atoms with Crippen molar-refractivity contribution in [3.05, 3.63) is 158 Å². The number of hydrogen-bond acceptors (Lipinski definition) is 2. The lowest BCUT2D eigenvalue weighted by atomic mass is 9.96. The first-order valence-electron chi connectivity index (χ1n) is 16.3. The van der Waals surface area contributed by atoms with Crippen molar-refractivity contribution in [2.24, 2.45) is 0 Å². The second-order valence-electron chi connectivity index (χ2n) is 12.6. The molecule has 4 heteroatoms. The van der Waals surface area contributed by atoms with Crippen molar-refractivity contribution in [3.63, 3.8) is 0 Å². The van der Waals surface area contributed by atoms with E-state index in [1.165, 1.54) is 60.3 Å². The Kier molecular flexibility index (Phi) is 5.08. The molecule has 0 saturated carbocycles. The molecule has 0 spiro atoms. The van der Waals surface area contributed by atoms with Gasteiger partial charge in [-0.05, 0) is 65.2 Å². The fourth-order valence-electron chi connectivity index (χ4n) is 7.94. The van der Waals surface area contributed by atoms with Gasteiger partial charge in [0.15, 0.2) is 5.82 Å². The Hall–Kier alpha value is -6.52. The first kappa shape index (κ1) is 25.6. The Morgan fingerprint density at radius 1 is 0.375 bits per heavy atom. The summed E-state index contributed by atoms with van der Waals surface area (Å²) in [5, 5.41) is 4.96. The highest BCUT2D eigenvalue weighted by Gasteiger charge is 2.26. The predicted octanol–water partition coefficient (Wildman–Crippen LogP) is 11.1. The van der Waals surface area contributed by atoms with Gasteiger partial charge < -0.3 is 4.57 Å². The Balaban J connectivity index is 1.12. The molecule has 0 amide bonds. The van der Waals surface area contributed by atoms with Gasteiger partial charge in [0.1, 0.15) is 5.69 Å². The van der Waals surface area contributed by atoms with Crippen molar-refractivity contribution in [2.45, 2.75) is 0 Å². The number of aromatic nitrogens is 4. The highest BCUT2D eigenvalue weighted by Crippen LogP contribution is 2.46. The van der Waals surface area contributed by atoms with Crippen LogP contribution in [0.5, 0.6) is 0 Å². The molecule has 0 saturated heterocycles. The van der Waals surface area contributed by atoms with E-state index in [1.54, 1.807) is 0 Å². The summed E-state index contributed by atoms with van der Waals surface area (Å²) >= 11 is 0. The third-order valence-electron chi connectivity index (χ3n) is 10.1. The van der Waals surface area contributed by atoms with Crippen molar-refractivity contribution < 1.29 is 0 Å². The molecule has 1 aliphatic heterocycles. The lowest BCUT2D eigenvalue weighted by Crippen LogP contribution is -2.02. The molecule has 3 aromatic heterocycles. The smallest absolute Gasteiger partial charge is 0.165 e. The van der Waals surface area contributed by atoms with Gasteiger partial charge in [-0.15, -0.1) is 0 Å². The van der Waals surface area contributed by atoms with E-state index in [0.717, 1.165) is 39.3 Å². The van der Waals surface area contributed by atoms with Crippen molar-refractivity contribution in [3.8, 4) is 45.0 Å². The topological polar surface area (TPSA) is 35.6 Å². The quantitative estimate of drug-likeness (QED) is 0.195. The standard InChI is InChI=1S/C44H26N4/c1-2-13-33-30(10-1)34-14-9-15-35-36-26-28(22-25-41(36)48(43(34)35)44-42(33)45-37-16-5-6-17-38(37)46-44)27-20-23-29(24-21-27)47-39-18-7-3-11-31(39)32-12-4-8-19-40(32)47/h1-26H. The van der Waals surface area contributed by atoms with Crippen LogP contribution < -0.4 is 0 Å². The lowest BCUT2D eigenvalue weighted by Gasteiger charge is -2.12. The summed E-state index contributed by atoms with van der Waals surface area (Å²) in [6, 6.07) is 56.5. The van der Waals surface area contributed by atoms with E-state index in [-0.39, 0.29) is 0 Å². The molecule has 4 heterocycles. The van der Waals surface area contributed by atoms with E-state index in [0.29, 0.717) is 0 Å². The van der Waals surface area contributed by atoms with Gasteiger partial charge >= 0.3 is 0 Å². The van der Waals surface area contributed by atoms with Crippen LogP contribution in [0.3, 0.4) is 0 Å². The van der Waals surface area contributed by atoms with E-state index in [1.807, 2.05) is 18.2 Å². The molecule has 0 N–H and O–H groups in total. The van der Waals surface area contributed by atoms with E-state index in [9.17, 15) is 0 Å². The Bertz CT molecular complexity index is 2890. The molecule has 0 unspecified atom stereocenters. The van der Waals surface area contributed by atoms with E-state index in [4.69, 9.17) is 9.97 Å². The number of para-hydroxylation sites is 5. The summed E-state index contributed by atoms with van der Waals surface area (Å²) < 4.78 is 4.70. The van der Waals surface area contributed by atoms with Crippen LogP contribution in [-0.2, 0) is 0 Å². The van der Waals surface area contributed by atoms with Crippen LogP contribution in [0.2, 0.25) is 0 Å². The van der Waals surface area contributed by atoms with Gasteiger partial charge in [0.2, 0.25) is 0 Å². The average molecular weight is 611 g/mol. The zero-order valence-corrected chi connectivity index (χ0v) is 25.8. The van der Waals surface area contributed by atoms with Gasteiger partial charge in [-0.3, -0.25) is 4.57 Å². The third kappa shape index (κ3) is 3.43. The Morgan fingerprint density at radius 3 is 1.73 bits per heavy atom. The van der Waals surface area contributed by atoms with Crippen LogP contribution in [0.4, 0.5) is 0 Å². The largest absolute Gasteiger partial charge is 0.309 e. The molecule has 0 atom stereocenters. The third-order valence-corrected chi connectivity index (χ3v) is 10.1. The SMILES string of the molecule is c1ccc2c(c1)-c1nc3ccccc3nc1-n1c3ccc(-c4ccc(-n5c6ccccc6c6ccccc65)cc4)cc3c3cccc-2c31. The normalized spacial score (nSPS) is 12.2. The molecule has 1 aliphatic rings. The fourth-order valence-corrected chi connectivity index (χ4v) is 7.94. The number of hydrogen-bond donors (Lipinski definition) is 0. The molecule has 7 aromatic carbocycles. The first-order valence-corrected chi connectivity index (χ1v) is 16.3. The van der Waals surface area contributed by atoms with Gasteiger partial charge in [0.05, 0.1) is 33.1 Å². The van der Waals surface area contributed by atoms with Crippen molar-refractivity contribution in [2.75, 3.05) is 0 Å². The maximum atomic E-state index is 5.28. The molecule has 4 nitrogen and oxygen atoms in total. The second kappa shape index (κ2) is 9.50. The van der Waals surface area contributed by atoms with Crippen LogP contribution in [0.25, 0.3) is 99.7 Å². The van der Waals surface area contributed by atoms with Gasteiger partial charge in [0, 0.05) is 38.4 Å². The zero-order chi connectivity index (χ0) is 31.3. The van der Waals surface area contributed by atoms with Crippen LogP contribution in [0.1, 0.15) is 0 Å². The van der Waals surface area contributed by atoms with Crippen molar-refractivity contribution in [1.82, 2.24) is 19.1 Å². The fraction of sp³-hybridized carbons (Fsp3) is 0. The Labute approximate surface area is 275 Å². The summed E-state index contributed by atoms with van der Waals surface area (Å²) in [7, 11) is 0. The molecular formula is C44H26N4. The highest BCUT2D eigenvalue weighted by atomic mass is 15.1. The van der Waals surface area contributed by atoms with Gasteiger partial charge in [0.25, 0.3) is 0 Å². The summed E-state index contributed by atoms with van der Waals surface area (Å²) in [6.07, 6.45) is 0. The van der Waals surface area contributed by atoms with Crippen LogP contribution in [0, 0.1) is 0 Å². The molecular weight excluding hydrogens is 585 g/mol. The summed E-state index contributed by atoms with van der Waals surface area (Å²) in [4.78, 5) is 10.5. The first-order chi connectivity index (χ1) is 23.8. The number of fused-ring (bicyclic) bond motifs is 12. The number of rotatable bonds is 2. The van der Waals surface area contributed by atoms with Crippen LogP contribution >= 0.6 is 0 Å². The van der Waals surface area contributed by atoms with Gasteiger partial charge in [-0.1, -0.05) is 109 Å². The zero-order valence-electron chi connectivity index (χ0n) is 25.8. The monoisotopic (exact) mass is 610 g/mol. The van der Waals surface area contributed by atoms with Gasteiger partial charge in [-0.25, -0.2) is 9.97 Å². The molecule has 0 radical (unpaired) electrons. The lowest BCUT2D eigenvalue weighted by molar-refractivity contribution is 1.09. The van der Waals surface area contributed by atoms with E-state index >= 15 is 0 Å². The predicted molar refractivity (Wildman–Crippen MR) is 198 cm³/mol. The van der Waals surface area contributed by atoms with Crippen molar-refractivity contribution >= 4 is 54.6 Å². The minimum absolute atomic E-state index is 0.870. The molecule has 10 aromatic rings. The minimum Gasteiger partial charge on any atom is -0.309 e. The van der Waals surface area contributed by atoms with Crippen molar-refractivity contribution in [1.29, 1.82) is 0 Å². The molecule has 48 heavy (non-hydrogen) atoms. The molecule has 0 bridgehead atoms. The molecule has 11 rings (SSSR count). The maximum Gasteiger partial charge on any atom is 0.165 e. The molecule has 0 aliphatic carbocycles. The average Bonchev–Trinajstić information content (AvgIpc) is 3.63. The van der Waals surface area contributed by atoms with Crippen LogP contribution in [0.15, 0.2) is 158 Å². The number of benzene rings is 7. The minimum atomic E-state index is 0.870. The second-order valence-corrected chi connectivity index (χ2v) is 12.6. The maximum absolute atomic E-state index is 5.28. The summed E-state index contributed by atoms with van der Waals surface area (Å²) in [5.74, 6) is 0.870.